The molecule has 0 unspecified atom stereocenters. The normalized spacial score (nSPS) is 27.4. The van der Waals surface area contributed by atoms with Crippen LogP contribution >= 0.6 is 15.9 Å². The van der Waals surface area contributed by atoms with Crippen molar-refractivity contribution in [2.75, 3.05) is 0 Å². The number of aliphatic hydroxyl groups is 1. The average molecular weight is 457 g/mol. The van der Waals surface area contributed by atoms with Gasteiger partial charge in [-0.25, -0.2) is 8.78 Å². The number of fused-ring (bicyclic) bond motifs is 3. The zero-order chi connectivity index (χ0) is 20.4. The number of hydrogen-bond donors (Lipinski definition) is 1. The van der Waals surface area contributed by atoms with Gasteiger partial charge in [-0.15, -0.1) is 0 Å². The number of halogens is 3. The summed E-state index contributed by atoms with van der Waals surface area (Å²) in [5, 5.41) is 11.8. The number of ether oxygens (including phenoxy) is 1. The van der Waals surface area contributed by atoms with Crippen LogP contribution < -0.4 is 4.74 Å². The first kappa shape index (κ1) is 18.5. The summed E-state index contributed by atoms with van der Waals surface area (Å²) in [5.74, 6) is -3.12. The minimum Gasteiger partial charge on any atom is -0.477 e. The molecule has 3 atom stereocenters. The van der Waals surface area contributed by atoms with Crippen LogP contribution in [-0.4, -0.2) is 10.9 Å². The highest BCUT2D eigenvalue weighted by atomic mass is 79.9. The van der Waals surface area contributed by atoms with Crippen LogP contribution in [0.2, 0.25) is 0 Å². The molecule has 0 amide bonds. The van der Waals surface area contributed by atoms with E-state index in [0.29, 0.717) is 11.6 Å². The second-order valence-electron chi connectivity index (χ2n) is 7.41. The lowest BCUT2D eigenvalue weighted by atomic mass is 9.71. The van der Waals surface area contributed by atoms with E-state index in [0.717, 1.165) is 16.1 Å². The number of rotatable bonds is 2. The molecule has 1 aliphatic heterocycles. The van der Waals surface area contributed by atoms with Crippen molar-refractivity contribution >= 4 is 21.7 Å². The molecule has 0 spiro atoms. The highest BCUT2D eigenvalue weighted by Crippen LogP contribution is 2.65. The van der Waals surface area contributed by atoms with Gasteiger partial charge in [0.25, 0.3) is 0 Å². The van der Waals surface area contributed by atoms with Crippen molar-refractivity contribution in [2.45, 2.75) is 23.5 Å². The van der Waals surface area contributed by atoms with Gasteiger partial charge in [0.2, 0.25) is 0 Å². The van der Waals surface area contributed by atoms with E-state index in [9.17, 15) is 18.7 Å². The van der Waals surface area contributed by atoms with Crippen LogP contribution in [0.3, 0.4) is 0 Å². The molecular formula is C23H15BrF2O3. The van der Waals surface area contributed by atoms with Crippen LogP contribution in [0.25, 0.3) is 0 Å². The molecule has 0 radical (unpaired) electrons. The summed E-state index contributed by atoms with van der Waals surface area (Å²) in [6.07, 6.45) is -0.0349. The molecule has 0 aromatic heterocycles. The largest absolute Gasteiger partial charge is 0.477 e. The summed E-state index contributed by atoms with van der Waals surface area (Å²) < 4.78 is 35.8. The highest BCUT2D eigenvalue weighted by Gasteiger charge is 2.73. The molecule has 1 N–H and O–H groups in total. The van der Waals surface area contributed by atoms with Crippen LogP contribution in [0.5, 0.6) is 5.75 Å². The number of Topliss-reactive ketones (excluding diaryl/α,β-unsaturated/α-hetero) is 1. The standard InChI is InChI=1S/C23H15BrF2O3/c24-15-8-6-14(7-9-15)23-17(13-4-2-1-3-5-13)12-20(27)22(23,28)21-18(26)10-16(25)11-19(21)29-23/h1-11,17,28H,12H2/t17-,22+,23-/m0/s1. The van der Waals surface area contributed by atoms with E-state index in [1.807, 2.05) is 30.3 Å². The van der Waals surface area contributed by atoms with Gasteiger partial charge in [-0.3, -0.25) is 4.79 Å². The molecule has 3 aromatic carbocycles. The summed E-state index contributed by atoms with van der Waals surface area (Å²) in [5.41, 5.74) is -2.89. The lowest BCUT2D eigenvalue weighted by Crippen LogP contribution is -2.51. The molecule has 3 aromatic rings. The molecule has 1 aliphatic carbocycles. The topological polar surface area (TPSA) is 46.5 Å². The number of benzene rings is 3. The molecular weight excluding hydrogens is 442 g/mol. The first-order chi connectivity index (χ1) is 13.9. The van der Waals surface area contributed by atoms with Gasteiger partial charge in [-0.05, 0) is 23.3 Å². The Morgan fingerprint density at radius 3 is 2.41 bits per heavy atom. The zero-order valence-corrected chi connectivity index (χ0v) is 16.6. The van der Waals surface area contributed by atoms with E-state index >= 15 is 0 Å². The van der Waals surface area contributed by atoms with Crippen LogP contribution in [0.4, 0.5) is 8.78 Å². The molecule has 29 heavy (non-hydrogen) atoms. The van der Waals surface area contributed by atoms with E-state index in [4.69, 9.17) is 4.74 Å². The Balaban J connectivity index is 1.84. The molecule has 1 fully saturated rings. The third-order valence-corrected chi connectivity index (χ3v) is 6.48. The van der Waals surface area contributed by atoms with Gasteiger partial charge in [0, 0.05) is 28.9 Å². The van der Waals surface area contributed by atoms with Crippen LogP contribution in [0, 0.1) is 11.6 Å². The number of ketones is 1. The molecule has 2 aliphatic rings. The predicted molar refractivity (Wildman–Crippen MR) is 106 cm³/mol. The van der Waals surface area contributed by atoms with E-state index in [1.54, 1.807) is 24.3 Å². The van der Waals surface area contributed by atoms with Crippen molar-refractivity contribution in [1.29, 1.82) is 0 Å². The highest BCUT2D eigenvalue weighted by molar-refractivity contribution is 9.10. The maximum atomic E-state index is 14.8. The van der Waals surface area contributed by atoms with E-state index in [-0.39, 0.29) is 17.7 Å². The van der Waals surface area contributed by atoms with Gasteiger partial charge >= 0.3 is 0 Å². The third kappa shape index (κ3) is 2.33. The summed E-state index contributed by atoms with van der Waals surface area (Å²) in [4.78, 5) is 13.2. The Labute approximate surface area is 174 Å². The van der Waals surface area contributed by atoms with Crippen molar-refractivity contribution in [2.24, 2.45) is 0 Å². The molecule has 0 bridgehead atoms. The summed E-state index contributed by atoms with van der Waals surface area (Å²) in [6.45, 7) is 0. The Kier molecular flexibility index (Phi) is 3.95. The summed E-state index contributed by atoms with van der Waals surface area (Å²) in [6, 6.07) is 17.8. The van der Waals surface area contributed by atoms with Gasteiger partial charge in [0.05, 0.1) is 5.56 Å². The lowest BCUT2D eigenvalue weighted by Gasteiger charge is -2.39. The smallest absolute Gasteiger partial charge is 0.199 e. The van der Waals surface area contributed by atoms with Crippen LogP contribution in [-0.2, 0) is 16.0 Å². The van der Waals surface area contributed by atoms with Gasteiger partial charge in [-0.2, -0.15) is 0 Å². The second-order valence-corrected chi connectivity index (χ2v) is 8.32. The molecule has 0 saturated heterocycles. The van der Waals surface area contributed by atoms with E-state index in [1.165, 1.54) is 0 Å². The molecule has 146 valence electrons. The molecule has 5 rings (SSSR count). The Morgan fingerprint density at radius 2 is 1.72 bits per heavy atom. The Bertz CT molecular complexity index is 1130. The van der Waals surface area contributed by atoms with Crippen molar-refractivity contribution in [1.82, 2.24) is 0 Å². The zero-order valence-electron chi connectivity index (χ0n) is 15.0. The maximum absolute atomic E-state index is 14.8. The Hall–Kier alpha value is -2.57. The molecule has 6 heteroatoms. The van der Waals surface area contributed by atoms with Gasteiger partial charge in [0.15, 0.2) is 17.0 Å². The first-order valence-corrected chi connectivity index (χ1v) is 9.92. The van der Waals surface area contributed by atoms with E-state index in [2.05, 4.69) is 15.9 Å². The monoisotopic (exact) mass is 456 g/mol. The number of hydrogen-bond acceptors (Lipinski definition) is 3. The Morgan fingerprint density at radius 1 is 1.03 bits per heavy atom. The molecule has 3 nitrogen and oxygen atoms in total. The van der Waals surface area contributed by atoms with Crippen molar-refractivity contribution in [3.05, 3.63) is 99.5 Å². The minimum atomic E-state index is -2.27. The quantitative estimate of drug-likeness (QED) is 0.592. The van der Waals surface area contributed by atoms with Crippen molar-refractivity contribution < 1.29 is 23.4 Å². The number of carbonyl (C=O) groups excluding carboxylic acids is 1. The van der Waals surface area contributed by atoms with Crippen molar-refractivity contribution in [3.8, 4) is 5.75 Å². The summed E-state index contributed by atoms with van der Waals surface area (Å²) >= 11 is 3.38. The van der Waals surface area contributed by atoms with Gasteiger partial charge in [-0.1, -0.05) is 58.4 Å². The fraction of sp³-hybridized carbons (Fsp3) is 0.174. The molecule has 1 saturated carbocycles. The first-order valence-electron chi connectivity index (χ1n) is 9.13. The SMILES string of the molecule is O=C1C[C@@H](c2ccccc2)[C@]2(c3ccc(Br)cc3)Oc3cc(F)cc(F)c3[C@]12O. The second kappa shape index (κ2) is 6.21. The van der Waals surface area contributed by atoms with Crippen LogP contribution in [0.1, 0.15) is 29.0 Å². The summed E-state index contributed by atoms with van der Waals surface area (Å²) in [7, 11) is 0. The lowest BCUT2D eigenvalue weighted by molar-refractivity contribution is -0.151. The van der Waals surface area contributed by atoms with Gasteiger partial charge in [0.1, 0.15) is 17.4 Å². The number of carbonyl (C=O) groups is 1. The van der Waals surface area contributed by atoms with E-state index < -0.39 is 34.5 Å². The third-order valence-electron chi connectivity index (χ3n) is 5.95. The average Bonchev–Trinajstić information content (AvgIpc) is 3.09. The maximum Gasteiger partial charge on any atom is 0.199 e. The fourth-order valence-corrected chi connectivity index (χ4v) is 5.03. The molecule has 1 heterocycles. The minimum absolute atomic E-state index is 0.0349. The van der Waals surface area contributed by atoms with Crippen molar-refractivity contribution in [3.63, 3.8) is 0 Å². The predicted octanol–water partition coefficient (Wildman–Crippen LogP) is 4.96. The van der Waals surface area contributed by atoms with Gasteiger partial charge < -0.3 is 9.84 Å². The van der Waals surface area contributed by atoms with Crippen LogP contribution in [0.15, 0.2) is 71.2 Å². The fourth-order valence-electron chi connectivity index (χ4n) is 4.77.